The Kier molecular flexibility index (Phi) is 14.4. The lowest BCUT2D eigenvalue weighted by molar-refractivity contribution is 0.465. The summed E-state index contributed by atoms with van der Waals surface area (Å²) in [6.07, 6.45) is 22.8. The van der Waals surface area contributed by atoms with Gasteiger partial charge in [0.05, 0.1) is 6.33 Å². The zero-order valence-corrected chi connectivity index (χ0v) is 15.8. The number of hydrogen-bond acceptors (Lipinski definition) is 1. The molecule has 21 heavy (non-hydrogen) atoms. The Bertz CT molecular complexity index is 298. The van der Waals surface area contributed by atoms with Gasteiger partial charge in [-0.2, -0.15) is 0 Å². The number of hydrogen-bond donors (Lipinski definition) is 0. The highest BCUT2D eigenvalue weighted by Gasteiger charge is 2.02. The van der Waals surface area contributed by atoms with E-state index in [2.05, 4.69) is 29.6 Å². The maximum atomic E-state index is 4.11. The van der Waals surface area contributed by atoms with Crippen molar-refractivity contribution in [3.63, 3.8) is 0 Å². The summed E-state index contributed by atoms with van der Waals surface area (Å²) < 4.78 is 2.22. The lowest BCUT2D eigenvalue weighted by Gasteiger charge is -2.12. The monoisotopic (exact) mass is 358 g/mol. The summed E-state index contributed by atoms with van der Waals surface area (Å²) in [6.45, 7) is 4.58. The topological polar surface area (TPSA) is 17.8 Å². The quantitative estimate of drug-likeness (QED) is 0.357. The van der Waals surface area contributed by atoms with Crippen LogP contribution in [0.5, 0.6) is 0 Å². The van der Waals surface area contributed by atoms with Crippen LogP contribution in [-0.4, -0.2) is 9.55 Å². The third-order valence-electron chi connectivity index (χ3n) is 4.26. The standard InChI is InChI=1S/C18H34N2.BrH/c1-3-4-5-6-7-8-9-10-11-12-13-14-18(2)20-16-15-19-17-20;/h15-18H,3-14H2,1-2H3;1H. The van der Waals surface area contributed by atoms with Crippen LogP contribution in [0.3, 0.4) is 0 Å². The highest BCUT2D eigenvalue weighted by Crippen LogP contribution is 2.16. The molecule has 124 valence electrons. The van der Waals surface area contributed by atoms with E-state index in [9.17, 15) is 0 Å². The fraction of sp³-hybridized carbons (Fsp3) is 0.833. The van der Waals surface area contributed by atoms with Gasteiger partial charge in [0, 0.05) is 18.4 Å². The Morgan fingerprint density at radius 3 is 1.86 bits per heavy atom. The molecule has 0 fully saturated rings. The number of rotatable bonds is 13. The van der Waals surface area contributed by atoms with Crippen molar-refractivity contribution in [2.24, 2.45) is 0 Å². The molecule has 0 spiro atoms. The molecule has 0 radical (unpaired) electrons. The molecule has 1 atom stereocenters. The molecule has 1 aromatic heterocycles. The molecule has 1 heterocycles. The second kappa shape index (κ2) is 14.6. The van der Waals surface area contributed by atoms with Crippen LogP contribution in [0.15, 0.2) is 18.7 Å². The van der Waals surface area contributed by atoms with E-state index >= 15 is 0 Å². The fourth-order valence-corrected chi connectivity index (χ4v) is 2.78. The van der Waals surface area contributed by atoms with Crippen LogP contribution in [0, 0.1) is 0 Å². The Morgan fingerprint density at radius 2 is 1.38 bits per heavy atom. The Hall–Kier alpha value is -0.310. The van der Waals surface area contributed by atoms with Crippen molar-refractivity contribution in [1.82, 2.24) is 9.55 Å². The van der Waals surface area contributed by atoms with Crippen LogP contribution >= 0.6 is 17.0 Å². The first-order chi connectivity index (χ1) is 9.84. The van der Waals surface area contributed by atoms with Crippen LogP contribution in [0.1, 0.15) is 96.9 Å². The van der Waals surface area contributed by atoms with E-state index in [1.807, 2.05) is 12.5 Å². The van der Waals surface area contributed by atoms with E-state index < -0.39 is 0 Å². The Labute approximate surface area is 142 Å². The first-order valence-electron chi connectivity index (χ1n) is 8.82. The summed E-state index contributed by atoms with van der Waals surface area (Å²) in [5.41, 5.74) is 0. The van der Waals surface area contributed by atoms with Crippen molar-refractivity contribution in [3.05, 3.63) is 18.7 Å². The molecule has 0 amide bonds. The van der Waals surface area contributed by atoms with Gasteiger partial charge in [0.2, 0.25) is 0 Å². The molecule has 0 saturated heterocycles. The van der Waals surface area contributed by atoms with E-state index in [4.69, 9.17) is 0 Å². The molecule has 0 aliphatic heterocycles. The van der Waals surface area contributed by atoms with Gasteiger partial charge >= 0.3 is 0 Å². The maximum absolute atomic E-state index is 4.11. The molecule has 0 N–H and O–H groups in total. The lowest BCUT2D eigenvalue weighted by Crippen LogP contribution is -2.01. The van der Waals surface area contributed by atoms with Crippen molar-refractivity contribution in [2.75, 3.05) is 0 Å². The molecule has 3 heteroatoms. The normalized spacial score (nSPS) is 12.1. The van der Waals surface area contributed by atoms with Gasteiger partial charge in [-0.25, -0.2) is 4.98 Å². The van der Waals surface area contributed by atoms with Crippen molar-refractivity contribution in [2.45, 2.75) is 96.9 Å². The number of imidazole rings is 1. The summed E-state index contributed by atoms with van der Waals surface area (Å²) >= 11 is 0. The number of unbranched alkanes of at least 4 members (excludes halogenated alkanes) is 10. The number of nitrogens with zero attached hydrogens (tertiary/aromatic N) is 2. The smallest absolute Gasteiger partial charge is 0.0948 e. The molecule has 0 aliphatic carbocycles. The zero-order chi connectivity index (χ0) is 14.5. The number of aromatic nitrogens is 2. The molecular weight excluding hydrogens is 324 g/mol. The summed E-state index contributed by atoms with van der Waals surface area (Å²) in [5, 5.41) is 0. The van der Waals surface area contributed by atoms with E-state index in [1.165, 1.54) is 77.0 Å². The molecule has 0 aliphatic rings. The molecule has 0 bridgehead atoms. The van der Waals surface area contributed by atoms with Crippen molar-refractivity contribution in [1.29, 1.82) is 0 Å². The first kappa shape index (κ1) is 20.7. The molecule has 1 aromatic rings. The van der Waals surface area contributed by atoms with Crippen LogP contribution < -0.4 is 0 Å². The summed E-state index contributed by atoms with van der Waals surface area (Å²) in [7, 11) is 0. The SMILES string of the molecule is Br.CCCCCCCCCCCCCC(C)n1ccnc1. The minimum Gasteiger partial charge on any atom is -0.335 e. The van der Waals surface area contributed by atoms with Gasteiger partial charge in [0.1, 0.15) is 0 Å². The van der Waals surface area contributed by atoms with Gasteiger partial charge in [-0.15, -0.1) is 17.0 Å². The second-order valence-corrected chi connectivity index (χ2v) is 6.18. The average Bonchev–Trinajstić information content (AvgIpc) is 2.99. The minimum absolute atomic E-state index is 0. The van der Waals surface area contributed by atoms with Gasteiger partial charge in [-0.3, -0.25) is 0 Å². The average molecular weight is 359 g/mol. The fourth-order valence-electron chi connectivity index (χ4n) is 2.78. The van der Waals surface area contributed by atoms with Crippen molar-refractivity contribution < 1.29 is 0 Å². The molecule has 0 aromatic carbocycles. The van der Waals surface area contributed by atoms with E-state index in [0.717, 1.165) is 0 Å². The Balaban J connectivity index is 0.00000400. The van der Waals surface area contributed by atoms with Crippen LogP contribution in [0.4, 0.5) is 0 Å². The van der Waals surface area contributed by atoms with Crippen LogP contribution in [0.2, 0.25) is 0 Å². The lowest BCUT2D eigenvalue weighted by atomic mass is 10.0. The highest BCUT2D eigenvalue weighted by atomic mass is 79.9. The summed E-state index contributed by atoms with van der Waals surface area (Å²) in [6, 6.07) is 0.607. The van der Waals surface area contributed by atoms with Crippen molar-refractivity contribution in [3.8, 4) is 0 Å². The van der Waals surface area contributed by atoms with E-state index in [-0.39, 0.29) is 17.0 Å². The van der Waals surface area contributed by atoms with Gasteiger partial charge in [-0.1, -0.05) is 77.6 Å². The predicted molar refractivity (Wildman–Crippen MR) is 98.3 cm³/mol. The van der Waals surface area contributed by atoms with Crippen molar-refractivity contribution >= 4 is 17.0 Å². The maximum Gasteiger partial charge on any atom is 0.0948 e. The van der Waals surface area contributed by atoms with E-state index in [1.54, 1.807) is 0 Å². The van der Waals surface area contributed by atoms with Crippen LogP contribution in [-0.2, 0) is 0 Å². The van der Waals surface area contributed by atoms with Gasteiger partial charge in [0.25, 0.3) is 0 Å². The van der Waals surface area contributed by atoms with Gasteiger partial charge in [0.15, 0.2) is 0 Å². The third kappa shape index (κ3) is 11.0. The molecule has 1 unspecified atom stereocenters. The predicted octanol–water partition coefficient (Wildman–Crippen LogP) is 6.72. The van der Waals surface area contributed by atoms with Gasteiger partial charge < -0.3 is 4.57 Å². The third-order valence-corrected chi connectivity index (χ3v) is 4.26. The summed E-state index contributed by atoms with van der Waals surface area (Å²) in [4.78, 5) is 4.11. The molecular formula is C18H35BrN2. The minimum atomic E-state index is 0. The zero-order valence-electron chi connectivity index (χ0n) is 14.1. The molecule has 1 rings (SSSR count). The van der Waals surface area contributed by atoms with Crippen LogP contribution in [0.25, 0.3) is 0 Å². The highest BCUT2D eigenvalue weighted by molar-refractivity contribution is 8.93. The molecule has 0 saturated carbocycles. The van der Waals surface area contributed by atoms with E-state index in [0.29, 0.717) is 6.04 Å². The summed E-state index contributed by atoms with van der Waals surface area (Å²) in [5.74, 6) is 0. The van der Waals surface area contributed by atoms with Gasteiger partial charge in [-0.05, 0) is 13.3 Å². The second-order valence-electron chi connectivity index (χ2n) is 6.18. The first-order valence-corrected chi connectivity index (χ1v) is 8.82. The number of halogens is 1. The Morgan fingerprint density at radius 1 is 0.857 bits per heavy atom. The largest absolute Gasteiger partial charge is 0.335 e. The molecule has 2 nitrogen and oxygen atoms in total.